The van der Waals surface area contributed by atoms with Crippen LogP contribution in [0.3, 0.4) is 0 Å². The number of likely N-dealkylation sites (tertiary alicyclic amines) is 2. The van der Waals surface area contributed by atoms with Gasteiger partial charge in [-0.25, -0.2) is 0 Å². The van der Waals surface area contributed by atoms with E-state index in [1.165, 1.54) is 18.4 Å². The summed E-state index contributed by atoms with van der Waals surface area (Å²) in [5.41, 5.74) is 1.18. The molecule has 2 saturated heterocycles. The van der Waals surface area contributed by atoms with Crippen LogP contribution in [0.1, 0.15) is 37.7 Å². The predicted molar refractivity (Wildman–Crippen MR) is 102 cm³/mol. The molecule has 0 aliphatic carbocycles. The van der Waals surface area contributed by atoms with E-state index >= 15 is 0 Å². The number of hydrogen-bond acceptors (Lipinski definition) is 3. The van der Waals surface area contributed by atoms with Crippen LogP contribution in [0.25, 0.3) is 6.08 Å². The first-order chi connectivity index (χ1) is 12.3. The second-order valence-electron chi connectivity index (χ2n) is 7.12. The van der Waals surface area contributed by atoms with Crippen molar-refractivity contribution in [3.8, 4) is 5.75 Å². The monoisotopic (exact) mass is 342 g/mol. The summed E-state index contributed by atoms with van der Waals surface area (Å²) in [6, 6.07) is 8.12. The third kappa shape index (κ3) is 5.08. The van der Waals surface area contributed by atoms with Gasteiger partial charge in [-0.3, -0.25) is 4.79 Å². The zero-order valence-corrected chi connectivity index (χ0v) is 15.3. The first-order valence-electron chi connectivity index (χ1n) is 9.58. The summed E-state index contributed by atoms with van der Waals surface area (Å²) in [5, 5.41) is 0. The molecule has 0 N–H and O–H groups in total. The molecule has 3 rings (SSSR count). The lowest BCUT2D eigenvalue weighted by Gasteiger charge is -2.32. The fraction of sp³-hybridized carbons (Fsp3) is 0.571. The van der Waals surface area contributed by atoms with Crippen molar-refractivity contribution in [1.82, 2.24) is 9.80 Å². The smallest absolute Gasteiger partial charge is 0.225 e. The molecule has 0 aromatic heterocycles. The van der Waals surface area contributed by atoms with Crippen molar-refractivity contribution in [1.29, 1.82) is 0 Å². The topological polar surface area (TPSA) is 32.8 Å². The molecule has 0 atom stereocenters. The Bertz CT molecular complexity index is 585. The first-order valence-corrected chi connectivity index (χ1v) is 9.58. The zero-order valence-electron chi connectivity index (χ0n) is 15.3. The second-order valence-corrected chi connectivity index (χ2v) is 7.12. The van der Waals surface area contributed by atoms with Gasteiger partial charge in [0.25, 0.3) is 0 Å². The van der Waals surface area contributed by atoms with Gasteiger partial charge in [0.1, 0.15) is 5.75 Å². The standard InChI is InChI=1S/C21H30N2O2/c1-25-20-9-6-8-18(17-20)7-2-3-12-22-15-10-19(11-16-22)21(24)23-13-4-5-14-23/h2,6-9,17,19H,3-5,10-16H2,1H3/b7-2+. The van der Waals surface area contributed by atoms with Crippen molar-refractivity contribution in [2.75, 3.05) is 39.8 Å². The minimum atomic E-state index is 0.265. The van der Waals surface area contributed by atoms with Crippen molar-refractivity contribution in [3.05, 3.63) is 35.9 Å². The van der Waals surface area contributed by atoms with E-state index in [2.05, 4.69) is 28.0 Å². The fourth-order valence-corrected chi connectivity index (χ4v) is 3.82. The van der Waals surface area contributed by atoms with Gasteiger partial charge < -0.3 is 14.5 Å². The Morgan fingerprint density at radius 3 is 2.68 bits per heavy atom. The molecule has 1 aromatic rings. The molecule has 4 nitrogen and oxygen atoms in total. The van der Waals surface area contributed by atoms with Gasteiger partial charge in [-0.1, -0.05) is 24.3 Å². The van der Waals surface area contributed by atoms with Gasteiger partial charge in [0.05, 0.1) is 7.11 Å². The number of carbonyl (C=O) groups excluding carboxylic acids is 1. The van der Waals surface area contributed by atoms with Gasteiger partial charge in [0, 0.05) is 25.6 Å². The van der Waals surface area contributed by atoms with Crippen LogP contribution >= 0.6 is 0 Å². The Hall–Kier alpha value is -1.81. The number of benzene rings is 1. The molecule has 0 radical (unpaired) electrons. The fourth-order valence-electron chi connectivity index (χ4n) is 3.82. The van der Waals surface area contributed by atoms with Crippen LogP contribution in [0, 0.1) is 5.92 Å². The highest BCUT2D eigenvalue weighted by molar-refractivity contribution is 5.79. The average Bonchev–Trinajstić information content (AvgIpc) is 3.20. The lowest BCUT2D eigenvalue weighted by atomic mass is 9.95. The summed E-state index contributed by atoms with van der Waals surface area (Å²) >= 11 is 0. The average molecular weight is 342 g/mol. The highest BCUT2D eigenvalue weighted by Crippen LogP contribution is 2.22. The maximum atomic E-state index is 12.5. The number of piperidine rings is 1. The Balaban J connectivity index is 1.37. The predicted octanol–water partition coefficient (Wildman–Crippen LogP) is 3.43. The van der Waals surface area contributed by atoms with E-state index in [9.17, 15) is 4.79 Å². The lowest BCUT2D eigenvalue weighted by Crippen LogP contribution is -2.41. The van der Waals surface area contributed by atoms with Gasteiger partial charge in [-0.2, -0.15) is 0 Å². The van der Waals surface area contributed by atoms with E-state index in [-0.39, 0.29) is 5.92 Å². The third-order valence-corrected chi connectivity index (χ3v) is 5.37. The Kier molecular flexibility index (Phi) is 6.51. The summed E-state index contributed by atoms with van der Waals surface area (Å²) in [5.74, 6) is 1.57. The molecule has 0 saturated carbocycles. The molecule has 0 spiro atoms. The molecule has 1 aromatic carbocycles. The summed E-state index contributed by atoms with van der Waals surface area (Å²) in [7, 11) is 1.70. The van der Waals surface area contributed by atoms with Gasteiger partial charge in [-0.05, 0) is 62.9 Å². The lowest BCUT2D eigenvalue weighted by molar-refractivity contribution is -0.135. The molecule has 4 heteroatoms. The largest absolute Gasteiger partial charge is 0.497 e. The van der Waals surface area contributed by atoms with Crippen molar-refractivity contribution >= 4 is 12.0 Å². The van der Waals surface area contributed by atoms with Crippen molar-refractivity contribution in [3.63, 3.8) is 0 Å². The summed E-state index contributed by atoms with van der Waals surface area (Å²) in [4.78, 5) is 17.0. The molecule has 25 heavy (non-hydrogen) atoms. The SMILES string of the molecule is COc1cccc(/C=C/CCN2CCC(C(=O)N3CCCC3)CC2)c1. The Labute approximate surface area is 151 Å². The molecule has 2 aliphatic rings. The number of methoxy groups -OCH3 is 1. The Morgan fingerprint density at radius 2 is 1.96 bits per heavy atom. The third-order valence-electron chi connectivity index (χ3n) is 5.37. The highest BCUT2D eigenvalue weighted by atomic mass is 16.5. The summed E-state index contributed by atoms with van der Waals surface area (Å²) in [6.07, 6.45) is 9.85. The number of carbonyl (C=O) groups is 1. The normalized spacial score (nSPS) is 19.6. The van der Waals surface area contributed by atoms with Gasteiger partial charge in [0.15, 0.2) is 0 Å². The molecule has 0 bridgehead atoms. The number of ether oxygens (including phenoxy) is 1. The minimum absolute atomic E-state index is 0.265. The zero-order chi connectivity index (χ0) is 17.5. The van der Waals surface area contributed by atoms with Gasteiger partial charge >= 0.3 is 0 Å². The van der Waals surface area contributed by atoms with Crippen LogP contribution in [-0.4, -0.2) is 55.5 Å². The maximum absolute atomic E-state index is 12.5. The molecule has 2 fully saturated rings. The molecule has 2 heterocycles. The van der Waals surface area contributed by atoms with E-state index in [4.69, 9.17) is 4.74 Å². The van der Waals surface area contributed by atoms with Crippen LogP contribution in [-0.2, 0) is 4.79 Å². The maximum Gasteiger partial charge on any atom is 0.225 e. The van der Waals surface area contributed by atoms with E-state index in [0.717, 1.165) is 57.7 Å². The van der Waals surface area contributed by atoms with Crippen molar-refractivity contribution in [2.24, 2.45) is 5.92 Å². The van der Waals surface area contributed by atoms with E-state index in [1.54, 1.807) is 7.11 Å². The first kappa shape index (κ1) is 18.0. The molecule has 0 unspecified atom stereocenters. The number of nitrogens with zero attached hydrogens (tertiary/aromatic N) is 2. The molecule has 2 aliphatic heterocycles. The molecular formula is C21H30N2O2. The molecule has 1 amide bonds. The van der Waals surface area contributed by atoms with Crippen LogP contribution < -0.4 is 4.74 Å². The minimum Gasteiger partial charge on any atom is -0.497 e. The van der Waals surface area contributed by atoms with Crippen LogP contribution in [0.15, 0.2) is 30.3 Å². The van der Waals surface area contributed by atoms with Gasteiger partial charge in [0.2, 0.25) is 5.91 Å². The molecule has 136 valence electrons. The Morgan fingerprint density at radius 1 is 1.20 bits per heavy atom. The van der Waals surface area contributed by atoms with Crippen LogP contribution in [0.4, 0.5) is 0 Å². The summed E-state index contributed by atoms with van der Waals surface area (Å²) < 4.78 is 5.25. The quantitative estimate of drug-likeness (QED) is 0.794. The summed E-state index contributed by atoms with van der Waals surface area (Å²) in [6.45, 7) is 5.14. The molecular weight excluding hydrogens is 312 g/mol. The van der Waals surface area contributed by atoms with Crippen molar-refractivity contribution in [2.45, 2.75) is 32.1 Å². The van der Waals surface area contributed by atoms with Gasteiger partial charge in [-0.15, -0.1) is 0 Å². The van der Waals surface area contributed by atoms with E-state index in [0.29, 0.717) is 5.91 Å². The van der Waals surface area contributed by atoms with Crippen LogP contribution in [0.5, 0.6) is 5.75 Å². The second kappa shape index (κ2) is 9.04. The van der Waals surface area contributed by atoms with E-state index < -0.39 is 0 Å². The number of amides is 1. The van der Waals surface area contributed by atoms with E-state index in [1.807, 2.05) is 18.2 Å². The van der Waals surface area contributed by atoms with Crippen LogP contribution in [0.2, 0.25) is 0 Å². The number of rotatable bonds is 6. The van der Waals surface area contributed by atoms with Crippen molar-refractivity contribution < 1.29 is 9.53 Å². The number of hydrogen-bond donors (Lipinski definition) is 0. The highest BCUT2D eigenvalue weighted by Gasteiger charge is 2.29.